The minimum absolute atomic E-state index is 0.0218. The molecule has 214 valence electrons. The first-order valence-electron chi connectivity index (χ1n) is 14.2. The van der Waals surface area contributed by atoms with Crippen LogP contribution in [-0.2, 0) is 14.4 Å². The third-order valence-corrected chi connectivity index (χ3v) is 9.35. The number of benzene rings is 2. The van der Waals surface area contributed by atoms with E-state index in [1.807, 2.05) is 42.5 Å². The number of likely N-dealkylation sites (tertiary alicyclic amines) is 1. The van der Waals surface area contributed by atoms with Crippen molar-refractivity contribution in [3.05, 3.63) is 59.2 Å². The zero-order chi connectivity index (χ0) is 28.7. The number of nitrogens with zero attached hydrogens (tertiary/aromatic N) is 1. The molecule has 3 aliphatic rings. The van der Waals surface area contributed by atoms with Gasteiger partial charge in [0.15, 0.2) is 5.78 Å². The number of aliphatic hydroxyl groups excluding tert-OH is 1. The Labute approximate surface area is 242 Å². The summed E-state index contributed by atoms with van der Waals surface area (Å²) in [6.45, 7) is 0.227. The average molecular weight is 577 g/mol. The van der Waals surface area contributed by atoms with E-state index in [1.54, 1.807) is 11.0 Å². The van der Waals surface area contributed by atoms with Crippen LogP contribution in [0.3, 0.4) is 0 Å². The van der Waals surface area contributed by atoms with Gasteiger partial charge in [-0.05, 0) is 55.2 Å². The fourth-order valence-electron chi connectivity index (χ4n) is 6.96. The Bertz CT molecular complexity index is 1500. The molecule has 41 heavy (non-hydrogen) atoms. The molecule has 1 saturated carbocycles. The van der Waals surface area contributed by atoms with Crippen LogP contribution in [0, 0.1) is 17.8 Å². The first kappa shape index (κ1) is 27.5. The summed E-state index contributed by atoms with van der Waals surface area (Å²) in [6.07, 6.45) is 3.40. The summed E-state index contributed by atoms with van der Waals surface area (Å²) in [5, 5.41) is 16.4. The van der Waals surface area contributed by atoms with Crippen molar-refractivity contribution >= 4 is 46.0 Å². The quantitative estimate of drug-likeness (QED) is 0.327. The summed E-state index contributed by atoms with van der Waals surface area (Å²) in [6, 6.07) is 13.5. The van der Waals surface area contributed by atoms with Crippen molar-refractivity contribution < 1.29 is 24.3 Å². The highest BCUT2D eigenvalue weighted by Crippen LogP contribution is 2.43. The smallest absolute Gasteiger partial charge is 0.271 e. The SMILES string of the molecule is O=C1NCCC1CC(NC(=O)C1C2CCCC2CN1C(=O)c1cc2c(Cl)ccc(-c3ccccc3)c2[nH]1)C(=O)CO. The molecule has 4 N–H and O–H groups in total. The Morgan fingerprint density at radius 3 is 2.63 bits per heavy atom. The second-order valence-corrected chi connectivity index (χ2v) is 11.8. The van der Waals surface area contributed by atoms with Crippen molar-refractivity contribution in [2.75, 3.05) is 19.7 Å². The number of hydrogen-bond acceptors (Lipinski definition) is 5. The maximum Gasteiger partial charge on any atom is 0.271 e. The average Bonchev–Trinajstić information content (AvgIpc) is 3.77. The molecule has 0 spiro atoms. The first-order chi connectivity index (χ1) is 19.9. The van der Waals surface area contributed by atoms with E-state index < -0.39 is 36.3 Å². The zero-order valence-corrected chi connectivity index (χ0v) is 23.3. The number of Topliss-reactive ketones (excluding diaryl/α,β-unsaturated/α-hetero) is 1. The van der Waals surface area contributed by atoms with Crippen molar-refractivity contribution in [1.29, 1.82) is 0 Å². The van der Waals surface area contributed by atoms with Gasteiger partial charge in [-0.1, -0.05) is 54.4 Å². The normalized spacial score (nSPS) is 24.3. The molecule has 5 atom stereocenters. The zero-order valence-electron chi connectivity index (χ0n) is 22.6. The van der Waals surface area contributed by atoms with Gasteiger partial charge >= 0.3 is 0 Å². The number of aliphatic hydroxyl groups is 1. The van der Waals surface area contributed by atoms with Crippen molar-refractivity contribution in [1.82, 2.24) is 20.5 Å². The van der Waals surface area contributed by atoms with Crippen molar-refractivity contribution in [3.8, 4) is 11.1 Å². The molecule has 0 bridgehead atoms. The molecule has 10 heteroatoms. The lowest BCUT2D eigenvalue weighted by Gasteiger charge is -2.29. The Balaban J connectivity index is 1.29. The van der Waals surface area contributed by atoms with Gasteiger partial charge in [-0.2, -0.15) is 0 Å². The molecule has 1 aliphatic carbocycles. The van der Waals surface area contributed by atoms with E-state index >= 15 is 0 Å². The van der Waals surface area contributed by atoms with Gasteiger partial charge < -0.3 is 25.6 Å². The molecule has 2 aliphatic heterocycles. The second-order valence-electron chi connectivity index (χ2n) is 11.4. The third kappa shape index (κ3) is 5.13. The maximum absolute atomic E-state index is 14.0. The molecule has 3 fully saturated rings. The number of hydrogen-bond donors (Lipinski definition) is 4. The van der Waals surface area contributed by atoms with Crippen LogP contribution < -0.4 is 10.6 Å². The van der Waals surface area contributed by atoms with E-state index in [0.717, 1.165) is 41.3 Å². The summed E-state index contributed by atoms with van der Waals surface area (Å²) in [4.78, 5) is 57.5. The highest BCUT2D eigenvalue weighted by molar-refractivity contribution is 6.36. The summed E-state index contributed by atoms with van der Waals surface area (Å²) < 4.78 is 0. The monoisotopic (exact) mass is 576 g/mol. The van der Waals surface area contributed by atoms with Gasteiger partial charge in [0.05, 0.1) is 16.6 Å². The van der Waals surface area contributed by atoms with Gasteiger partial charge in [0, 0.05) is 30.0 Å². The molecule has 3 aromatic rings. The Morgan fingerprint density at radius 1 is 1.10 bits per heavy atom. The first-order valence-corrected chi connectivity index (χ1v) is 14.6. The van der Waals surface area contributed by atoms with Gasteiger partial charge in [-0.3, -0.25) is 19.2 Å². The van der Waals surface area contributed by atoms with Gasteiger partial charge in [0.25, 0.3) is 5.91 Å². The predicted molar refractivity (Wildman–Crippen MR) is 154 cm³/mol. The van der Waals surface area contributed by atoms with E-state index in [-0.39, 0.29) is 30.1 Å². The standard InChI is InChI=1S/C31H33ClN4O5/c32-23-10-9-20(17-5-2-1-3-6-17)27-22(23)14-25(34-27)31(41)36-15-19-7-4-8-21(19)28(36)30(40)35-24(26(38)16-37)13-18-11-12-33-29(18)39/h1-3,5-6,9-10,14,18-19,21,24,28,34,37H,4,7-8,11-13,15-16H2,(H,33,39)(H,35,40). The lowest BCUT2D eigenvalue weighted by atomic mass is 9.92. The number of fused-ring (bicyclic) bond motifs is 2. The van der Waals surface area contributed by atoms with Crippen molar-refractivity contribution in [2.45, 2.75) is 44.2 Å². The molecule has 3 amide bonds. The number of carbonyl (C=O) groups excluding carboxylic acids is 4. The lowest BCUT2D eigenvalue weighted by molar-refractivity contribution is -0.133. The van der Waals surface area contributed by atoms with Crippen LogP contribution in [-0.4, -0.2) is 70.3 Å². The Kier molecular flexibility index (Phi) is 7.57. The molecule has 6 rings (SSSR count). The number of carbonyl (C=O) groups is 4. The molecule has 0 radical (unpaired) electrons. The lowest BCUT2D eigenvalue weighted by Crippen LogP contribution is -2.53. The van der Waals surface area contributed by atoms with Gasteiger partial charge in [-0.15, -0.1) is 0 Å². The number of halogens is 1. The fourth-order valence-corrected chi connectivity index (χ4v) is 7.17. The van der Waals surface area contributed by atoms with E-state index in [4.69, 9.17) is 11.6 Å². The predicted octanol–water partition coefficient (Wildman–Crippen LogP) is 3.30. The fraction of sp³-hybridized carbons (Fsp3) is 0.419. The molecule has 3 heterocycles. The molecular formula is C31H33ClN4O5. The third-order valence-electron chi connectivity index (χ3n) is 9.02. The summed E-state index contributed by atoms with van der Waals surface area (Å²) >= 11 is 6.54. The van der Waals surface area contributed by atoms with Gasteiger partial charge in [0.2, 0.25) is 11.8 Å². The van der Waals surface area contributed by atoms with Crippen LogP contribution >= 0.6 is 11.6 Å². The van der Waals surface area contributed by atoms with Crippen molar-refractivity contribution in [2.24, 2.45) is 17.8 Å². The highest BCUT2D eigenvalue weighted by Gasteiger charge is 2.50. The molecular weight excluding hydrogens is 544 g/mol. The highest BCUT2D eigenvalue weighted by atomic mass is 35.5. The summed E-state index contributed by atoms with van der Waals surface area (Å²) in [5.41, 5.74) is 2.99. The topological polar surface area (TPSA) is 132 Å². The number of aromatic nitrogens is 1. The van der Waals surface area contributed by atoms with E-state index in [2.05, 4.69) is 15.6 Å². The van der Waals surface area contributed by atoms with E-state index in [1.165, 1.54) is 0 Å². The van der Waals surface area contributed by atoms with Gasteiger partial charge in [-0.25, -0.2) is 0 Å². The molecule has 2 saturated heterocycles. The number of ketones is 1. The number of aromatic amines is 1. The molecule has 5 unspecified atom stereocenters. The van der Waals surface area contributed by atoms with Crippen molar-refractivity contribution in [3.63, 3.8) is 0 Å². The van der Waals surface area contributed by atoms with E-state index in [9.17, 15) is 24.3 Å². The van der Waals surface area contributed by atoms with Crippen LogP contribution in [0.4, 0.5) is 0 Å². The Hall–Kier alpha value is -3.69. The molecule has 1 aromatic heterocycles. The molecule has 2 aromatic carbocycles. The van der Waals surface area contributed by atoms with E-state index in [0.29, 0.717) is 30.2 Å². The molecule has 9 nitrogen and oxygen atoms in total. The summed E-state index contributed by atoms with van der Waals surface area (Å²) in [7, 11) is 0. The van der Waals surface area contributed by atoms with Gasteiger partial charge in [0.1, 0.15) is 18.3 Å². The number of H-pyrrole nitrogens is 1. The maximum atomic E-state index is 14.0. The number of nitrogens with one attached hydrogen (secondary N) is 3. The Morgan fingerprint density at radius 2 is 1.90 bits per heavy atom. The van der Waals surface area contributed by atoms with Crippen LogP contribution in [0.25, 0.3) is 22.0 Å². The minimum atomic E-state index is -1.00. The second kappa shape index (κ2) is 11.3. The number of amides is 3. The van der Waals surface area contributed by atoms with Crippen LogP contribution in [0.1, 0.15) is 42.6 Å². The van der Waals surface area contributed by atoms with Crippen LogP contribution in [0.15, 0.2) is 48.5 Å². The minimum Gasteiger partial charge on any atom is -0.389 e. The summed E-state index contributed by atoms with van der Waals surface area (Å²) in [5.74, 6) is -1.66. The van der Waals surface area contributed by atoms with Crippen LogP contribution in [0.5, 0.6) is 0 Å². The largest absolute Gasteiger partial charge is 0.389 e. The number of rotatable bonds is 8. The van der Waals surface area contributed by atoms with Crippen LogP contribution in [0.2, 0.25) is 5.02 Å².